The predicted octanol–water partition coefficient (Wildman–Crippen LogP) is 4.04. The molecule has 2 aromatic carbocycles. The molecule has 88 valence electrons. The zero-order valence-electron chi connectivity index (χ0n) is 9.52. The molecule has 17 heavy (non-hydrogen) atoms. The molecule has 2 aromatic rings. The molecule has 0 amide bonds. The van der Waals surface area contributed by atoms with E-state index in [9.17, 15) is 0 Å². The molecular formula is C14H13BrO2. The number of methoxy groups -OCH3 is 1. The number of benzene rings is 2. The molecule has 0 saturated carbocycles. The van der Waals surface area contributed by atoms with Gasteiger partial charge in [0.1, 0.15) is 18.1 Å². The Balaban J connectivity index is 2.08. The van der Waals surface area contributed by atoms with Crippen molar-refractivity contribution in [3.05, 3.63) is 58.6 Å². The molecule has 0 N–H and O–H groups in total. The molecule has 0 aliphatic heterocycles. The van der Waals surface area contributed by atoms with Gasteiger partial charge in [-0.1, -0.05) is 34.1 Å². The van der Waals surface area contributed by atoms with E-state index in [0.29, 0.717) is 6.61 Å². The number of ether oxygens (including phenoxy) is 2. The van der Waals surface area contributed by atoms with E-state index >= 15 is 0 Å². The van der Waals surface area contributed by atoms with Crippen molar-refractivity contribution < 1.29 is 9.47 Å². The maximum Gasteiger partial charge on any atom is 0.119 e. The first-order valence-electron chi connectivity index (χ1n) is 5.30. The van der Waals surface area contributed by atoms with Gasteiger partial charge in [0, 0.05) is 10.0 Å². The van der Waals surface area contributed by atoms with E-state index in [1.165, 1.54) is 0 Å². The van der Waals surface area contributed by atoms with Gasteiger partial charge in [-0.05, 0) is 30.3 Å². The summed E-state index contributed by atoms with van der Waals surface area (Å²) in [6, 6.07) is 15.6. The largest absolute Gasteiger partial charge is 0.497 e. The Morgan fingerprint density at radius 3 is 2.47 bits per heavy atom. The summed E-state index contributed by atoms with van der Waals surface area (Å²) in [6.45, 7) is 0.516. The highest BCUT2D eigenvalue weighted by Gasteiger charge is 2.03. The Morgan fingerprint density at radius 2 is 1.76 bits per heavy atom. The van der Waals surface area contributed by atoms with Crippen molar-refractivity contribution in [1.29, 1.82) is 0 Å². The third kappa shape index (κ3) is 3.24. The molecule has 0 fully saturated rings. The van der Waals surface area contributed by atoms with Crippen LogP contribution in [0.15, 0.2) is 53.0 Å². The van der Waals surface area contributed by atoms with E-state index in [4.69, 9.17) is 9.47 Å². The van der Waals surface area contributed by atoms with Crippen molar-refractivity contribution in [2.45, 2.75) is 6.61 Å². The number of hydrogen-bond acceptors (Lipinski definition) is 2. The lowest BCUT2D eigenvalue weighted by molar-refractivity contribution is 0.304. The lowest BCUT2D eigenvalue weighted by atomic mass is 10.2. The van der Waals surface area contributed by atoms with E-state index in [0.717, 1.165) is 21.5 Å². The topological polar surface area (TPSA) is 18.5 Å². The van der Waals surface area contributed by atoms with Crippen LogP contribution in [0.4, 0.5) is 0 Å². The molecule has 0 saturated heterocycles. The third-order valence-electron chi connectivity index (χ3n) is 2.39. The zero-order chi connectivity index (χ0) is 12.1. The summed E-state index contributed by atoms with van der Waals surface area (Å²) in [7, 11) is 1.66. The van der Waals surface area contributed by atoms with Crippen LogP contribution in [0, 0.1) is 0 Å². The lowest BCUT2D eigenvalue weighted by Gasteiger charge is -2.09. The second-order valence-corrected chi connectivity index (χ2v) is 4.41. The van der Waals surface area contributed by atoms with Crippen molar-refractivity contribution in [2.75, 3.05) is 7.11 Å². The maximum absolute atomic E-state index is 5.69. The number of rotatable bonds is 4. The molecule has 0 atom stereocenters. The van der Waals surface area contributed by atoms with Gasteiger partial charge in [0.05, 0.1) is 7.11 Å². The van der Waals surface area contributed by atoms with Gasteiger partial charge in [0.15, 0.2) is 0 Å². The second-order valence-electron chi connectivity index (χ2n) is 3.56. The molecule has 0 spiro atoms. The van der Waals surface area contributed by atoms with Gasteiger partial charge >= 0.3 is 0 Å². The third-order valence-corrected chi connectivity index (χ3v) is 3.16. The van der Waals surface area contributed by atoms with Gasteiger partial charge < -0.3 is 9.47 Å². The van der Waals surface area contributed by atoms with Crippen molar-refractivity contribution in [2.24, 2.45) is 0 Å². The summed E-state index contributed by atoms with van der Waals surface area (Å²) in [5, 5.41) is 0. The van der Waals surface area contributed by atoms with Gasteiger partial charge in [0.2, 0.25) is 0 Å². The highest BCUT2D eigenvalue weighted by molar-refractivity contribution is 9.10. The van der Waals surface area contributed by atoms with E-state index in [1.54, 1.807) is 7.11 Å². The van der Waals surface area contributed by atoms with Crippen LogP contribution in [0.1, 0.15) is 5.56 Å². The van der Waals surface area contributed by atoms with Crippen LogP contribution < -0.4 is 9.47 Å². The number of para-hydroxylation sites is 1. The lowest BCUT2D eigenvalue weighted by Crippen LogP contribution is -1.97. The van der Waals surface area contributed by atoms with Gasteiger partial charge in [-0.25, -0.2) is 0 Å². The molecule has 0 radical (unpaired) electrons. The molecule has 3 heteroatoms. The summed E-state index contributed by atoms with van der Waals surface area (Å²) in [5.74, 6) is 1.70. The first kappa shape index (κ1) is 12.0. The molecule has 2 nitrogen and oxygen atoms in total. The van der Waals surface area contributed by atoms with Gasteiger partial charge in [0.25, 0.3) is 0 Å². The fourth-order valence-electron chi connectivity index (χ4n) is 1.47. The standard InChI is InChI=1S/C14H13BrO2/c1-16-13-7-8-14(15)11(9-13)10-17-12-5-3-2-4-6-12/h2-9H,10H2,1H3. The molecule has 2 rings (SSSR count). The molecule has 0 bridgehead atoms. The van der Waals surface area contributed by atoms with Crippen LogP contribution in [-0.2, 0) is 6.61 Å². The summed E-state index contributed by atoms with van der Waals surface area (Å²) in [6.07, 6.45) is 0. The van der Waals surface area contributed by atoms with Crippen LogP contribution in [0.3, 0.4) is 0 Å². The minimum absolute atomic E-state index is 0.516. The summed E-state index contributed by atoms with van der Waals surface area (Å²) in [5.41, 5.74) is 1.06. The Hall–Kier alpha value is -1.48. The Morgan fingerprint density at radius 1 is 1.00 bits per heavy atom. The zero-order valence-corrected chi connectivity index (χ0v) is 11.1. The average Bonchev–Trinajstić information content (AvgIpc) is 2.39. The van der Waals surface area contributed by atoms with Crippen LogP contribution in [-0.4, -0.2) is 7.11 Å². The van der Waals surface area contributed by atoms with Crippen LogP contribution in [0.25, 0.3) is 0 Å². The highest BCUT2D eigenvalue weighted by Crippen LogP contribution is 2.23. The van der Waals surface area contributed by atoms with Gasteiger partial charge in [-0.15, -0.1) is 0 Å². The second kappa shape index (κ2) is 5.73. The number of hydrogen-bond donors (Lipinski definition) is 0. The summed E-state index contributed by atoms with van der Waals surface area (Å²) < 4.78 is 11.9. The first-order valence-corrected chi connectivity index (χ1v) is 6.09. The fraction of sp³-hybridized carbons (Fsp3) is 0.143. The fourth-order valence-corrected chi connectivity index (χ4v) is 1.83. The van der Waals surface area contributed by atoms with Crippen molar-refractivity contribution in [3.63, 3.8) is 0 Å². The predicted molar refractivity (Wildman–Crippen MR) is 71.5 cm³/mol. The minimum Gasteiger partial charge on any atom is -0.497 e. The van der Waals surface area contributed by atoms with Gasteiger partial charge in [-0.2, -0.15) is 0 Å². The molecule has 0 aromatic heterocycles. The average molecular weight is 293 g/mol. The number of halogens is 1. The smallest absolute Gasteiger partial charge is 0.119 e. The highest BCUT2D eigenvalue weighted by atomic mass is 79.9. The monoisotopic (exact) mass is 292 g/mol. The van der Waals surface area contributed by atoms with Crippen LogP contribution in [0.5, 0.6) is 11.5 Å². The van der Waals surface area contributed by atoms with E-state index in [2.05, 4.69) is 15.9 Å². The summed E-state index contributed by atoms with van der Waals surface area (Å²) in [4.78, 5) is 0. The normalized spacial score (nSPS) is 10.0. The first-order chi connectivity index (χ1) is 8.29. The van der Waals surface area contributed by atoms with E-state index in [1.807, 2.05) is 48.5 Å². The van der Waals surface area contributed by atoms with Crippen LogP contribution in [0.2, 0.25) is 0 Å². The van der Waals surface area contributed by atoms with E-state index < -0.39 is 0 Å². The van der Waals surface area contributed by atoms with E-state index in [-0.39, 0.29) is 0 Å². The maximum atomic E-state index is 5.69. The van der Waals surface area contributed by atoms with Crippen molar-refractivity contribution in [1.82, 2.24) is 0 Å². The summed E-state index contributed by atoms with van der Waals surface area (Å²) >= 11 is 3.50. The van der Waals surface area contributed by atoms with Crippen LogP contribution >= 0.6 is 15.9 Å². The Bertz CT molecular complexity index is 483. The van der Waals surface area contributed by atoms with Crippen molar-refractivity contribution >= 4 is 15.9 Å². The molecule has 0 aliphatic rings. The van der Waals surface area contributed by atoms with Gasteiger partial charge in [-0.3, -0.25) is 0 Å². The molecule has 0 unspecified atom stereocenters. The quantitative estimate of drug-likeness (QED) is 0.847. The Kier molecular flexibility index (Phi) is 4.04. The molecule has 0 aliphatic carbocycles. The Labute approximate surface area is 109 Å². The SMILES string of the molecule is COc1ccc(Br)c(COc2ccccc2)c1. The molecular weight excluding hydrogens is 280 g/mol. The molecule has 0 heterocycles. The minimum atomic E-state index is 0.516. The van der Waals surface area contributed by atoms with Crippen molar-refractivity contribution in [3.8, 4) is 11.5 Å².